The van der Waals surface area contributed by atoms with Crippen molar-refractivity contribution in [3.63, 3.8) is 0 Å². The third-order valence-electron chi connectivity index (χ3n) is 2.61. The fourth-order valence-electron chi connectivity index (χ4n) is 1.39. The van der Waals surface area contributed by atoms with Crippen LogP contribution in [0.15, 0.2) is 18.2 Å². The Morgan fingerprint density at radius 1 is 1.50 bits per heavy atom. The molecule has 1 aromatic carbocycles. The minimum atomic E-state index is -0.481. The van der Waals surface area contributed by atoms with Crippen molar-refractivity contribution in [1.82, 2.24) is 0 Å². The van der Waals surface area contributed by atoms with Crippen molar-refractivity contribution in [2.75, 3.05) is 11.9 Å². The molecule has 5 heteroatoms. The molecule has 0 aliphatic rings. The molecule has 0 aliphatic carbocycles. The minimum absolute atomic E-state index is 0.0385. The molecule has 0 atom stereocenters. The van der Waals surface area contributed by atoms with Gasteiger partial charge >= 0.3 is 0 Å². The first kappa shape index (κ1) is 12.4. The Kier molecular flexibility index (Phi) is 3.84. The summed E-state index contributed by atoms with van der Waals surface area (Å²) >= 11 is 0. The lowest BCUT2D eigenvalue weighted by molar-refractivity contribution is -0.385. The molecular formula is C11H16N2O3. The Morgan fingerprint density at radius 2 is 2.12 bits per heavy atom. The van der Waals surface area contributed by atoms with Crippen molar-refractivity contribution < 1.29 is 10.0 Å². The van der Waals surface area contributed by atoms with Gasteiger partial charge in [0.25, 0.3) is 5.69 Å². The summed E-state index contributed by atoms with van der Waals surface area (Å²) in [5.74, 6) is 0. The minimum Gasteiger partial charge on any atom is -0.391 e. The predicted molar refractivity (Wildman–Crippen MR) is 62.6 cm³/mol. The Balaban J connectivity index is 3.13. The summed E-state index contributed by atoms with van der Waals surface area (Å²) in [5.41, 5.74) is 1.17. The van der Waals surface area contributed by atoms with Crippen molar-refractivity contribution in [2.45, 2.75) is 26.5 Å². The number of aliphatic hydroxyl groups excluding tert-OH is 1. The van der Waals surface area contributed by atoms with E-state index in [0.717, 1.165) is 5.69 Å². The zero-order valence-corrected chi connectivity index (χ0v) is 9.67. The highest BCUT2D eigenvalue weighted by molar-refractivity contribution is 5.55. The van der Waals surface area contributed by atoms with Gasteiger partial charge in [-0.15, -0.1) is 0 Å². The summed E-state index contributed by atoms with van der Waals surface area (Å²) in [6, 6.07) is 5.07. The van der Waals surface area contributed by atoms with Crippen LogP contribution in [-0.2, 0) is 6.61 Å². The molecule has 0 saturated heterocycles. The van der Waals surface area contributed by atoms with Crippen molar-refractivity contribution in [2.24, 2.45) is 0 Å². The van der Waals surface area contributed by atoms with Crippen LogP contribution in [0.5, 0.6) is 0 Å². The number of aliphatic hydroxyl groups is 1. The van der Waals surface area contributed by atoms with Crippen LogP contribution < -0.4 is 4.90 Å². The molecule has 0 aromatic heterocycles. The number of nitro groups is 1. The molecule has 0 aliphatic heterocycles. The highest BCUT2D eigenvalue weighted by Crippen LogP contribution is 2.25. The molecule has 1 rings (SSSR count). The van der Waals surface area contributed by atoms with Crippen LogP contribution in [0.4, 0.5) is 11.4 Å². The fourth-order valence-corrected chi connectivity index (χ4v) is 1.39. The summed E-state index contributed by atoms with van der Waals surface area (Å²) in [6.07, 6.45) is 0. The van der Waals surface area contributed by atoms with E-state index in [-0.39, 0.29) is 12.3 Å². The monoisotopic (exact) mass is 224 g/mol. The molecule has 0 bridgehead atoms. The van der Waals surface area contributed by atoms with Gasteiger partial charge in [-0.25, -0.2) is 0 Å². The lowest BCUT2D eigenvalue weighted by atomic mass is 10.1. The molecule has 1 N–H and O–H groups in total. The van der Waals surface area contributed by atoms with Gasteiger partial charge < -0.3 is 10.0 Å². The van der Waals surface area contributed by atoms with Crippen molar-refractivity contribution in [3.05, 3.63) is 33.9 Å². The molecule has 5 nitrogen and oxygen atoms in total. The third kappa shape index (κ3) is 2.49. The molecule has 0 spiro atoms. The van der Waals surface area contributed by atoms with Crippen LogP contribution in [0, 0.1) is 10.1 Å². The van der Waals surface area contributed by atoms with E-state index in [1.807, 2.05) is 25.8 Å². The first-order chi connectivity index (χ1) is 7.47. The zero-order chi connectivity index (χ0) is 12.3. The second-order valence-electron chi connectivity index (χ2n) is 3.93. The SMILES string of the molecule is CC(C)N(C)c1ccc([N+](=O)[O-])c(CO)c1. The largest absolute Gasteiger partial charge is 0.391 e. The van der Waals surface area contributed by atoms with Crippen molar-refractivity contribution in [1.29, 1.82) is 0 Å². The Labute approximate surface area is 94.5 Å². The number of benzene rings is 1. The van der Waals surface area contributed by atoms with Gasteiger partial charge in [0.15, 0.2) is 0 Å². The summed E-state index contributed by atoms with van der Waals surface area (Å²) < 4.78 is 0. The number of anilines is 1. The lowest BCUT2D eigenvalue weighted by Gasteiger charge is -2.24. The van der Waals surface area contributed by atoms with Crippen LogP contribution >= 0.6 is 0 Å². The number of rotatable bonds is 4. The quantitative estimate of drug-likeness (QED) is 0.627. The maximum Gasteiger partial charge on any atom is 0.275 e. The van der Waals surface area contributed by atoms with E-state index in [1.165, 1.54) is 6.07 Å². The normalized spacial score (nSPS) is 10.6. The Morgan fingerprint density at radius 3 is 2.56 bits per heavy atom. The second kappa shape index (κ2) is 4.94. The van der Waals surface area contributed by atoms with E-state index < -0.39 is 4.92 Å². The average molecular weight is 224 g/mol. The summed E-state index contributed by atoms with van der Waals surface area (Å²) in [5, 5.41) is 19.8. The van der Waals surface area contributed by atoms with E-state index in [4.69, 9.17) is 5.11 Å². The van der Waals surface area contributed by atoms with Crippen LogP contribution in [0.25, 0.3) is 0 Å². The topological polar surface area (TPSA) is 66.6 Å². The Bertz CT molecular complexity index is 391. The van der Waals surface area contributed by atoms with Gasteiger partial charge in [0.2, 0.25) is 0 Å². The zero-order valence-electron chi connectivity index (χ0n) is 9.67. The summed E-state index contributed by atoms with van der Waals surface area (Å²) in [7, 11) is 1.91. The van der Waals surface area contributed by atoms with Gasteiger partial charge in [-0.2, -0.15) is 0 Å². The summed E-state index contributed by atoms with van der Waals surface area (Å²) in [4.78, 5) is 12.2. The van der Waals surface area contributed by atoms with E-state index in [0.29, 0.717) is 11.6 Å². The van der Waals surface area contributed by atoms with Crippen LogP contribution in [0.2, 0.25) is 0 Å². The number of hydrogen-bond donors (Lipinski definition) is 1. The first-order valence-corrected chi connectivity index (χ1v) is 5.08. The number of nitro benzene ring substituents is 1. The van der Waals surface area contributed by atoms with Gasteiger partial charge in [0.05, 0.1) is 17.1 Å². The molecule has 0 saturated carbocycles. The molecule has 0 amide bonds. The smallest absolute Gasteiger partial charge is 0.275 e. The van der Waals surface area contributed by atoms with E-state index >= 15 is 0 Å². The highest BCUT2D eigenvalue weighted by atomic mass is 16.6. The van der Waals surface area contributed by atoms with Gasteiger partial charge in [-0.3, -0.25) is 10.1 Å². The highest BCUT2D eigenvalue weighted by Gasteiger charge is 2.15. The molecule has 1 aromatic rings. The first-order valence-electron chi connectivity index (χ1n) is 5.08. The molecule has 88 valence electrons. The van der Waals surface area contributed by atoms with Crippen molar-refractivity contribution in [3.8, 4) is 0 Å². The van der Waals surface area contributed by atoms with Crippen molar-refractivity contribution >= 4 is 11.4 Å². The Hall–Kier alpha value is -1.62. The summed E-state index contributed by atoms with van der Waals surface area (Å²) in [6.45, 7) is 3.73. The van der Waals surface area contributed by atoms with Gasteiger partial charge in [0.1, 0.15) is 0 Å². The second-order valence-corrected chi connectivity index (χ2v) is 3.93. The molecule has 0 unspecified atom stereocenters. The average Bonchev–Trinajstić information content (AvgIpc) is 2.26. The maximum absolute atomic E-state index is 10.7. The third-order valence-corrected chi connectivity index (χ3v) is 2.61. The molecular weight excluding hydrogens is 208 g/mol. The molecule has 0 fully saturated rings. The van der Waals surface area contributed by atoms with Gasteiger partial charge in [0, 0.05) is 24.8 Å². The van der Waals surface area contributed by atoms with E-state index in [9.17, 15) is 10.1 Å². The van der Waals surface area contributed by atoms with E-state index in [2.05, 4.69) is 0 Å². The van der Waals surface area contributed by atoms with Crippen LogP contribution in [-0.4, -0.2) is 23.1 Å². The number of hydrogen-bond acceptors (Lipinski definition) is 4. The van der Waals surface area contributed by atoms with Gasteiger partial charge in [-0.05, 0) is 26.0 Å². The molecule has 0 heterocycles. The number of nitrogens with zero attached hydrogens (tertiary/aromatic N) is 2. The predicted octanol–water partition coefficient (Wildman–Crippen LogP) is 1.93. The van der Waals surface area contributed by atoms with Crippen LogP contribution in [0.3, 0.4) is 0 Å². The maximum atomic E-state index is 10.7. The fraction of sp³-hybridized carbons (Fsp3) is 0.455. The van der Waals surface area contributed by atoms with Crippen LogP contribution in [0.1, 0.15) is 19.4 Å². The molecule has 0 radical (unpaired) electrons. The van der Waals surface area contributed by atoms with Gasteiger partial charge in [-0.1, -0.05) is 0 Å². The lowest BCUT2D eigenvalue weighted by Crippen LogP contribution is -2.25. The standard InChI is InChI=1S/C11H16N2O3/c1-8(2)12(3)10-4-5-11(13(15)16)9(6-10)7-14/h4-6,8,14H,7H2,1-3H3. The van der Waals surface area contributed by atoms with E-state index in [1.54, 1.807) is 12.1 Å². The molecule has 16 heavy (non-hydrogen) atoms.